The van der Waals surface area contributed by atoms with Crippen molar-refractivity contribution >= 4 is 11.9 Å². The van der Waals surface area contributed by atoms with Gasteiger partial charge in [-0.3, -0.25) is 4.79 Å². The number of methoxy groups -OCH3 is 1. The zero-order valence-corrected chi connectivity index (χ0v) is 13.4. The number of carbonyl (C=O) groups excluding carboxylic acids is 2. The molecule has 1 aromatic rings. The van der Waals surface area contributed by atoms with Crippen LogP contribution in [0.5, 0.6) is 0 Å². The molecule has 1 saturated carbocycles. The number of benzene rings is 1. The Balaban J connectivity index is 2.02. The zero-order chi connectivity index (χ0) is 16.7. The van der Waals surface area contributed by atoms with E-state index in [1.54, 1.807) is 24.3 Å². The monoisotopic (exact) mass is 314 g/mol. The lowest BCUT2D eigenvalue weighted by Gasteiger charge is -2.24. The van der Waals surface area contributed by atoms with Crippen molar-refractivity contribution < 1.29 is 14.3 Å². The number of amides is 1. The zero-order valence-electron chi connectivity index (χ0n) is 13.4. The number of nitrogens with one attached hydrogen (secondary N) is 1. The predicted molar refractivity (Wildman–Crippen MR) is 85.4 cm³/mol. The van der Waals surface area contributed by atoms with Crippen LogP contribution >= 0.6 is 0 Å². The third-order valence-corrected chi connectivity index (χ3v) is 4.30. The van der Waals surface area contributed by atoms with Gasteiger partial charge in [0.2, 0.25) is 5.91 Å². The second kappa shape index (κ2) is 8.33. The summed E-state index contributed by atoms with van der Waals surface area (Å²) in [6.07, 6.45) is 5.44. The number of esters is 1. The first-order valence-electron chi connectivity index (χ1n) is 8.01. The summed E-state index contributed by atoms with van der Waals surface area (Å²) in [5, 5.41) is 11.7. The van der Waals surface area contributed by atoms with Crippen molar-refractivity contribution in [3.05, 3.63) is 35.4 Å². The van der Waals surface area contributed by atoms with Crippen LogP contribution in [0.1, 0.15) is 43.2 Å². The number of hydrogen-bond acceptors (Lipinski definition) is 4. The molecule has 23 heavy (non-hydrogen) atoms. The third-order valence-electron chi connectivity index (χ3n) is 4.30. The summed E-state index contributed by atoms with van der Waals surface area (Å²) >= 11 is 0. The number of nitriles is 1. The van der Waals surface area contributed by atoms with Crippen molar-refractivity contribution in [2.45, 2.75) is 44.6 Å². The summed E-state index contributed by atoms with van der Waals surface area (Å²) in [5.74, 6) is -0.510. The first-order chi connectivity index (χ1) is 11.1. The van der Waals surface area contributed by atoms with Crippen LogP contribution in [0.15, 0.2) is 24.3 Å². The largest absolute Gasteiger partial charge is 0.467 e. The maximum Gasteiger partial charge on any atom is 0.328 e. The first-order valence-corrected chi connectivity index (χ1v) is 8.01. The molecule has 5 heteroatoms. The lowest BCUT2D eigenvalue weighted by atomic mass is 9.88. The molecule has 0 bridgehead atoms. The molecule has 0 saturated heterocycles. The predicted octanol–water partition coefficient (Wildman–Crippen LogP) is 2.34. The molecule has 1 aromatic carbocycles. The number of hydrogen-bond donors (Lipinski definition) is 1. The fraction of sp³-hybridized carbons (Fsp3) is 0.500. The van der Waals surface area contributed by atoms with E-state index in [0.29, 0.717) is 12.0 Å². The molecule has 1 fully saturated rings. The van der Waals surface area contributed by atoms with Crippen LogP contribution in [-0.4, -0.2) is 25.0 Å². The van der Waals surface area contributed by atoms with Crippen LogP contribution in [0.2, 0.25) is 0 Å². The lowest BCUT2D eigenvalue weighted by Crippen LogP contribution is -2.45. The highest BCUT2D eigenvalue weighted by Gasteiger charge is 2.27. The van der Waals surface area contributed by atoms with Gasteiger partial charge in [0.25, 0.3) is 0 Å². The van der Waals surface area contributed by atoms with Gasteiger partial charge in [-0.2, -0.15) is 5.26 Å². The molecule has 0 spiro atoms. The van der Waals surface area contributed by atoms with Gasteiger partial charge in [-0.05, 0) is 30.5 Å². The fourth-order valence-corrected chi connectivity index (χ4v) is 2.94. The quantitative estimate of drug-likeness (QED) is 0.846. The minimum absolute atomic E-state index is 0.00290. The van der Waals surface area contributed by atoms with E-state index in [1.165, 1.54) is 13.5 Å². The number of ether oxygens (including phenoxy) is 1. The fourth-order valence-electron chi connectivity index (χ4n) is 2.94. The summed E-state index contributed by atoms with van der Waals surface area (Å²) in [6, 6.07) is 8.35. The van der Waals surface area contributed by atoms with Gasteiger partial charge in [0.1, 0.15) is 6.04 Å². The number of rotatable bonds is 5. The summed E-state index contributed by atoms with van der Waals surface area (Å²) in [7, 11) is 1.32. The molecule has 1 aliphatic carbocycles. The highest BCUT2D eigenvalue weighted by atomic mass is 16.5. The minimum Gasteiger partial charge on any atom is -0.467 e. The van der Waals surface area contributed by atoms with Crippen molar-refractivity contribution in [3.8, 4) is 6.07 Å². The molecule has 1 atom stereocenters. The summed E-state index contributed by atoms with van der Waals surface area (Å²) in [5.41, 5.74) is 1.44. The normalized spacial score (nSPS) is 16.2. The summed E-state index contributed by atoms with van der Waals surface area (Å²) in [4.78, 5) is 24.3. The second-order valence-electron chi connectivity index (χ2n) is 5.93. The molecule has 0 aliphatic heterocycles. The highest BCUT2D eigenvalue weighted by Crippen LogP contribution is 2.24. The van der Waals surface area contributed by atoms with E-state index in [2.05, 4.69) is 11.4 Å². The van der Waals surface area contributed by atoms with Crippen molar-refractivity contribution in [1.29, 1.82) is 5.26 Å². The van der Waals surface area contributed by atoms with E-state index in [4.69, 9.17) is 10.00 Å². The molecule has 2 rings (SSSR count). The Labute approximate surface area is 136 Å². The Morgan fingerprint density at radius 3 is 2.48 bits per heavy atom. The maximum absolute atomic E-state index is 12.4. The molecule has 122 valence electrons. The molecule has 0 unspecified atom stereocenters. The minimum atomic E-state index is -0.692. The van der Waals surface area contributed by atoms with E-state index in [1.807, 2.05) is 0 Å². The van der Waals surface area contributed by atoms with E-state index >= 15 is 0 Å². The van der Waals surface area contributed by atoms with Crippen molar-refractivity contribution in [1.82, 2.24) is 5.32 Å². The Kier molecular flexibility index (Phi) is 6.16. The van der Waals surface area contributed by atoms with E-state index in [9.17, 15) is 9.59 Å². The Bertz CT molecular complexity index is 583. The molecule has 1 N–H and O–H groups in total. The molecule has 0 aromatic heterocycles. The molecule has 5 nitrogen and oxygen atoms in total. The average Bonchev–Trinajstić information content (AvgIpc) is 2.61. The number of nitrogens with zero attached hydrogens (tertiary/aromatic N) is 1. The lowest BCUT2D eigenvalue weighted by molar-refractivity contribution is -0.145. The van der Waals surface area contributed by atoms with E-state index < -0.39 is 12.0 Å². The van der Waals surface area contributed by atoms with E-state index in [0.717, 1.165) is 31.2 Å². The van der Waals surface area contributed by atoms with Gasteiger partial charge in [-0.1, -0.05) is 31.4 Å². The van der Waals surface area contributed by atoms with Crippen LogP contribution in [0.25, 0.3) is 0 Å². The van der Waals surface area contributed by atoms with Crippen LogP contribution in [0.4, 0.5) is 0 Å². The Hall–Kier alpha value is -2.35. The smallest absolute Gasteiger partial charge is 0.328 e. The standard InChI is InChI=1S/C18H22N2O3/c1-23-18(22)16(11-13-7-9-14(12-19)10-8-13)20-17(21)15-5-3-2-4-6-15/h7-10,15-16H,2-6,11H2,1H3,(H,20,21)/t16-/m0/s1. The number of carbonyl (C=O) groups is 2. The molecule has 1 amide bonds. The van der Waals surface area contributed by atoms with Gasteiger partial charge in [-0.15, -0.1) is 0 Å². The molecule has 0 radical (unpaired) electrons. The van der Waals surface area contributed by atoms with E-state index in [-0.39, 0.29) is 11.8 Å². The molecule has 0 heterocycles. The summed E-state index contributed by atoms with van der Waals surface area (Å²) in [6.45, 7) is 0. The highest BCUT2D eigenvalue weighted by molar-refractivity contribution is 5.86. The first kappa shape index (κ1) is 17.0. The van der Waals surface area contributed by atoms with Crippen LogP contribution in [0, 0.1) is 17.2 Å². The second-order valence-corrected chi connectivity index (χ2v) is 5.93. The van der Waals surface area contributed by atoms with Crippen LogP contribution < -0.4 is 5.32 Å². The maximum atomic E-state index is 12.4. The van der Waals surface area contributed by atoms with Crippen LogP contribution in [0.3, 0.4) is 0 Å². The van der Waals surface area contributed by atoms with Crippen molar-refractivity contribution in [3.63, 3.8) is 0 Å². The van der Waals surface area contributed by atoms with Gasteiger partial charge in [-0.25, -0.2) is 4.79 Å². The Morgan fingerprint density at radius 1 is 1.26 bits per heavy atom. The molecular formula is C18H22N2O3. The average molecular weight is 314 g/mol. The van der Waals surface area contributed by atoms with Crippen molar-refractivity contribution in [2.24, 2.45) is 5.92 Å². The van der Waals surface area contributed by atoms with Crippen molar-refractivity contribution in [2.75, 3.05) is 7.11 Å². The third kappa shape index (κ3) is 4.82. The topological polar surface area (TPSA) is 79.2 Å². The van der Waals surface area contributed by atoms with Gasteiger partial charge in [0, 0.05) is 12.3 Å². The summed E-state index contributed by atoms with van der Waals surface area (Å²) < 4.78 is 4.81. The van der Waals surface area contributed by atoms with Gasteiger partial charge >= 0.3 is 5.97 Å². The Morgan fingerprint density at radius 2 is 1.91 bits per heavy atom. The SMILES string of the molecule is COC(=O)[C@H](Cc1ccc(C#N)cc1)NC(=O)C1CCCCC1. The van der Waals surface area contributed by atoms with Gasteiger partial charge in [0.05, 0.1) is 18.7 Å². The van der Waals surface area contributed by atoms with Gasteiger partial charge < -0.3 is 10.1 Å². The molecule has 1 aliphatic rings. The van der Waals surface area contributed by atoms with Crippen LogP contribution in [-0.2, 0) is 20.7 Å². The van der Waals surface area contributed by atoms with Gasteiger partial charge in [0.15, 0.2) is 0 Å². The molecular weight excluding hydrogens is 292 g/mol.